The predicted molar refractivity (Wildman–Crippen MR) is 268 cm³/mol. The number of aliphatic hydroxyl groups excluding tert-OH is 2. The first-order valence-corrected chi connectivity index (χ1v) is 28.1. The predicted octanol–water partition coefficient (Wildman–Crippen LogP) is 14.7. The van der Waals surface area contributed by atoms with Crippen LogP contribution in [0.4, 0.5) is 0 Å². The van der Waals surface area contributed by atoms with Gasteiger partial charge in [-0.15, -0.1) is 0 Å². The lowest BCUT2D eigenvalue weighted by Gasteiger charge is -2.64. The highest BCUT2D eigenvalue weighted by Gasteiger charge is 2.69. The van der Waals surface area contributed by atoms with E-state index in [9.17, 15) is 10.2 Å². The molecule has 2 heterocycles. The van der Waals surface area contributed by atoms with E-state index in [0.29, 0.717) is 57.2 Å². The summed E-state index contributed by atoms with van der Waals surface area (Å²) in [5.74, 6) is 5.47. The number of aliphatic hydroxyl groups is 2. The van der Waals surface area contributed by atoms with E-state index in [1.54, 1.807) is 0 Å². The maximum absolute atomic E-state index is 10.9. The quantitative estimate of drug-likeness (QED) is 0.253. The molecule has 10 fully saturated rings. The van der Waals surface area contributed by atoms with Crippen LogP contribution in [-0.4, -0.2) is 50.3 Å². The first-order valence-electron chi connectivity index (χ1n) is 28.1. The molecule has 0 unspecified atom stereocenters. The third kappa shape index (κ3) is 7.37. The van der Waals surface area contributed by atoms with Crippen LogP contribution >= 0.6 is 0 Å². The fourth-order valence-corrected chi connectivity index (χ4v) is 23.0. The van der Waals surface area contributed by atoms with E-state index in [1.807, 2.05) is 0 Å². The molecule has 4 N–H and O–H groups in total. The highest BCUT2D eigenvalue weighted by Crippen LogP contribution is 2.72. The minimum absolute atomic E-state index is 0. The molecule has 0 bridgehead atoms. The summed E-state index contributed by atoms with van der Waals surface area (Å²) < 4.78 is 15.0. The topological polar surface area (TPSA) is 90.4 Å². The number of fused-ring (bicyclic) bond motifs is 12. The van der Waals surface area contributed by atoms with Gasteiger partial charge in [0.25, 0.3) is 0 Å². The zero-order valence-electron chi connectivity index (χ0n) is 45.5. The average molecular weight is 908 g/mol. The molecule has 2 aliphatic heterocycles. The van der Waals surface area contributed by atoms with Crippen molar-refractivity contribution in [3.8, 4) is 0 Å². The van der Waals surface area contributed by atoms with Gasteiger partial charge in [-0.05, 0) is 247 Å². The summed E-state index contributed by atoms with van der Waals surface area (Å²) in [5.41, 5.74) is 2.39. The van der Waals surface area contributed by atoms with Crippen molar-refractivity contribution in [2.24, 2.45) is 90.7 Å². The van der Waals surface area contributed by atoms with E-state index in [4.69, 9.17) is 9.47 Å². The Kier molecular flexibility index (Phi) is 12.5. The van der Waals surface area contributed by atoms with Crippen LogP contribution in [0.2, 0.25) is 0 Å². The van der Waals surface area contributed by atoms with E-state index < -0.39 is 0 Å². The van der Waals surface area contributed by atoms with Crippen molar-refractivity contribution in [3.63, 3.8) is 0 Å². The summed E-state index contributed by atoms with van der Waals surface area (Å²) >= 11 is 0. The van der Waals surface area contributed by atoms with Gasteiger partial charge in [-0.3, -0.25) is 0 Å². The third-order valence-corrected chi connectivity index (χ3v) is 25.8. The molecule has 376 valence electrons. The van der Waals surface area contributed by atoms with Gasteiger partial charge in [-0.1, -0.05) is 95.9 Å². The van der Waals surface area contributed by atoms with E-state index in [2.05, 4.69) is 111 Å². The second-order valence-electron chi connectivity index (χ2n) is 30.6. The molecule has 65 heavy (non-hydrogen) atoms. The fourth-order valence-electron chi connectivity index (χ4n) is 23.0. The van der Waals surface area contributed by atoms with Gasteiger partial charge in [0.15, 0.2) is 0 Å². The van der Waals surface area contributed by atoms with Crippen molar-refractivity contribution in [2.45, 2.75) is 287 Å². The molecule has 0 aromatic heterocycles. The number of rotatable bonds is 0. The van der Waals surface area contributed by atoms with Crippen molar-refractivity contribution < 1.29 is 25.2 Å². The SMILES string of the molecule is CC1(C)CCC[C@]2(C)[C@H]3CC[C@@H]4[C@@]5(C)CC[C@H](O)C(C)(C)[C@@H]5CC[C@@]4(C)O[C@]3(C)CC[C@@H]12.CC1(C)CCC[C@]2(C)[C@H]3CC[C@@H]4[C@@]5(C)CC[C@H](O)C(C)(C)[C@@H]5CC[C@@]4(C)O[C@]3(C)CC[C@@H]12.O. The lowest BCUT2D eigenvalue weighted by Crippen LogP contribution is -2.63. The molecule has 5 heteroatoms. The average Bonchev–Trinajstić information content (AvgIpc) is 3.38. The molecular weight excluding hydrogens is 801 g/mol. The van der Waals surface area contributed by atoms with Crippen molar-refractivity contribution >= 4 is 0 Å². The highest BCUT2D eigenvalue weighted by molar-refractivity contribution is 5.18. The monoisotopic (exact) mass is 907 g/mol. The summed E-state index contributed by atoms with van der Waals surface area (Å²) in [6, 6.07) is 0. The molecule has 18 atom stereocenters. The van der Waals surface area contributed by atoms with Crippen molar-refractivity contribution in [1.29, 1.82) is 0 Å². The standard InChI is InChI=1S/2C30H52O2.H2O/c2*1-25(2)15-9-16-27(5)20(25)12-18-29(7)22(27)10-11-23-28(6)17-14-24(31)26(3,4)21(28)13-19-30(23,8)32-29;/h2*20-24,31H,9-19H2,1-8H3;1H2/t2*20-,21-,22+,23+,24-,27-,28-,29+,30+;/m00./s1. The molecule has 0 aromatic rings. The maximum atomic E-state index is 10.9. The lowest BCUT2D eigenvalue weighted by molar-refractivity contribution is -0.267. The Balaban J connectivity index is 0.000000175. The molecule has 5 nitrogen and oxygen atoms in total. The highest BCUT2D eigenvalue weighted by atomic mass is 16.5. The lowest BCUT2D eigenvalue weighted by atomic mass is 9.44. The van der Waals surface area contributed by atoms with Crippen LogP contribution in [0, 0.1) is 90.7 Å². The molecule has 0 aromatic carbocycles. The number of hydrogen-bond donors (Lipinski definition) is 2. The van der Waals surface area contributed by atoms with Crippen LogP contribution in [-0.2, 0) is 9.47 Å². The zero-order chi connectivity index (χ0) is 46.7. The number of hydrogen-bond acceptors (Lipinski definition) is 4. The fraction of sp³-hybridized carbons (Fsp3) is 1.00. The Bertz CT molecular complexity index is 1640. The van der Waals surface area contributed by atoms with E-state index in [-0.39, 0.29) is 61.7 Å². The van der Waals surface area contributed by atoms with Crippen molar-refractivity contribution in [1.82, 2.24) is 0 Å². The van der Waals surface area contributed by atoms with Crippen LogP contribution in [0.15, 0.2) is 0 Å². The molecule has 0 amide bonds. The Labute approximate surface area is 401 Å². The largest absolute Gasteiger partial charge is 0.412 e. The van der Waals surface area contributed by atoms with Gasteiger partial charge in [-0.25, -0.2) is 0 Å². The Hall–Kier alpha value is -0.200. The van der Waals surface area contributed by atoms with Crippen LogP contribution in [0.25, 0.3) is 0 Å². The van der Waals surface area contributed by atoms with Crippen LogP contribution in [0.5, 0.6) is 0 Å². The van der Waals surface area contributed by atoms with Crippen LogP contribution in [0.1, 0.15) is 252 Å². The molecule has 10 rings (SSSR count). The first kappa shape index (κ1) is 51.2. The minimum Gasteiger partial charge on any atom is -0.412 e. The van der Waals surface area contributed by atoms with Crippen LogP contribution < -0.4 is 0 Å². The maximum Gasteiger partial charge on any atom is 0.0695 e. The first-order chi connectivity index (χ1) is 29.4. The molecule has 10 aliphatic rings. The van der Waals surface area contributed by atoms with Gasteiger partial charge in [0.05, 0.1) is 34.6 Å². The van der Waals surface area contributed by atoms with E-state index >= 15 is 0 Å². The third-order valence-electron chi connectivity index (χ3n) is 25.8. The summed E-state index contributed by atoms with van der Waals surface area (Å²) in [6.07, 6.45) is 27.6. The van der Waals surface area contributed by atoms with Gasteiger partial charge in [0.1, 0.15) is 0 Å². The second-order valence-corrected chi connectivity index (χ2v) is 30.6. The van der Waals surface area contributed by atoms with Gasteiger partial charge >= 0.3 is 0 Å². The van der Waals surface area contributed by atoms with Gasteiger partial charge in [0.2, 0.25) is 0 Å². The Morgan fingerprint density at radius 3 is 0.846 bits per heavy atom. The molecule has 0 spiro atoms. The van der Waals surface area contributed by atoms with Crippen LogP contribution in [0.3, 0.4) is 0 Å². The Morgan fingerprint density at radius 1 is 0.292 bits per heavy atom. The molecule has 8 saturated carbocycles. The van der Waals surface area contributed by atoms with E-state index in [1.165, 1.54) is 128 Å². The summed E-state index contributed by atoms with van der Waals surface area (Å²) in [6.45, 7) is 40.1. The van der Waals surface area contributed by atoms with Gasteiger partial charge < -0.3 is 25.2 Å². The summed E-state index contributed by atoms with van der Waals surface area (Å²) in [4.78, 5) is 0. The molecule has 8 aliphatic carbocycles. The van der Waals surface area contributed by atoms with Crippen molar-refractivity contribution in [2.75, 3.05) is 0 Å². The van der Waals surface area contributed by atoms with E-state index in [0.717, 1.165) is 24.7 Å². The second kappa shape index (κ2) is 15.9. The summed E-state index contributed by atoms with van der Waals surface area (Å²) in [5, 5.41) is 21.8. The van der Waals surface area contributed by atoms with Gasteiger partial charge in [0, 0.05) is 0 Å². The number of ether oxygens (including phenoxy) is 2. The smallest absolute Gasteiger partial charge is 0.0695 e. The Morgan fingerprint density at radius 2 is 0.554 bits per heavy atom. The summed E-state index contributed by atoms with van der Waals surface area (Å²) in [7, 11) is 0. The minimum atomic E-state index is -0.152. The zero-order valence-corrected chi connectivity index (χ0v) is 45.5. The molecular formula is C60H106O5. The molecule has 2 saturated heterocycles. The molecule has 0 radical (unpaired) electrons. The van der Waals surface area contributed by atoms with Crippen molar-refractivity contribution in [3.05, 3.63) is 0 Å². The normalized spacial score (nSPS) is 55.8. The van der Waals surface area contributed by atoms with Gasteiger partial charge in [-0.2, -0.15) is 0 Å².